The lowest BCUT2D eigenvalue weighted by molar-refractivity contribution is -0.142. The van der Waals surface area contributed by atoms with Gasteiger partial charge in [-0.3, -0.25) is 4.79 Å². The number of carbonyl (C=O) groups is 2. The predicted molar refractivity (Wildman–Crippen MR) is 135 cm³/mol. The molecule has 7 heteroatoms. The Morgan fingerprint density at radius 1 is 0.800 bits per heavy atom. The molecule has 0 unspecified atom stereocenters. The minimum absolute atomic E-state index is 0.327. The Labute approximate surface area is 205 Å². The van der Waals surface area contributed by atoms with Crippen LogP contribution in [-0.4, -0.2) is 46.4 Å². The topological polar surface area (TPSA) is 83.1 Å². The second kappa shape index (κ2) is 12.8. The minimum atomic E-state index is -0.600. The van der Waals surface area contributed by atoms with Crippen molar-refractivity contribution in [2.75, 3.05) is 34.5 Å². The van der Waals surface area contributed by atoms with Crippen LogP contribution in [0.2, 0.25) is 0 Å². The molecule has 0 aliphatic rings. The molecule has 0 aliphatic carbocycles. The lowest BCUT2D eigenvalue weighted by Gasteiger charge is -2.12. The number of methoxy groups -OCH3 is 3. The summed E-state index contributed by atoms with van der Waals surface area (Å²) in [4.78, 5) is 25.2. The van der Waals surface area contributed by atoms with Crippen LogP contribution in [0.25, 0.3) is 11.6 Å². The van der Waals surface area contributed by atoms with E-state index in [2.05, 4.69) is 5.32 Å². The normalized spacial score (nSPS) is 10.9. The fraction of sp³-hybridized carbons (Fsp3) is 0.214. The van der Waals surface area contributed by atoms with Gasteiger partial charge in [-0.1, -0.05) is 54.6 Å². The van der Waals surface area contributed by atoms with E-state index in [1.807, 2.05) is 72.8 Å². The van der Waals surface area contributed by atoms with E-state index in [1.54, 1.807) is 27.4 Å². The molecule has 0 aliphatic heterocycles. The standard InChI is InChI=1S/C28H29NO6/c1-32-24-12-8-7-11-22(24)18-23(21-9-5-4-6-10-21)28(31)35-19-27(30)29-16-15-20-13-14-25(33-2)26(17-20)34-3/h4-14,17-18H,15-16,19H2,1-3H3,(H,29,30)/b23-18+. The first-order valence-electron chi connectivity index (χ1n) is 11.1. The van der Waals surface area contributed by atoms with E-state index in [9.17, 15) is 9.59 Å². The summed E-state index contributed by atoms with van der Waals surface area (Å²) in [6, 6.07) is 22.1. The predicted octanol–water partition coefficient (Wildman–Crippen LogP) is 4.16. The zero-order valence-electron chi connectivity index (χ0n) is 20.1. The molecule has 1 amide bonds. The smallest absolute Gasteiger partial charge is 0.339 e. The molecule has 0 saturated carbocycles. The summed E-state index contributed by atoms with van der Waals surface area (Å²) in [7, 11) is 4.72. The minimum Gasteiger partial charge on any atom is -0.496 e. The van der Waals surface area contributed by atoms with Crippen molar-refractivity contribution in [3.8, 4) is 17.2 Å². The first kappa shape index (κ1) is 25.4. The van der Waals surface area contributed by atoms with Gasteiger partial charge >= 0.3 is 5.97 Å². The van der Waals surface area contributed by atoms with Crippen molar-refractivity contribution in [2.45, 2.75) is 6.42 Å². The van der Waals surface area contributed by atoms with Crippen molar-refractivity contribution in [3.63, 3.8) is 0 Å². The van der Waals surface area contributed by atoms with Gasteiger partial charge in [-0.2, -0.15) is 0 Å². The first-order chi connectivity index (χ1) is 17.0. The molecule has 7 nitrogen and oxygen atoms in total. The van der Waals surface area contributed by atoms with E-state index in [0.717, 1.165) is 11.1 Å². The summed E-state index contributed by atoms with van der Waals surface area (Å²) in [5.74, 6) is 0.908. The van der Waals surface area contributed by atoms with E-state index in [0.29, 0.717) is 41.4 Å². The van der Waals surface area contributed by atoms with E-state index >= 15 is 0 Å². The van der Waals surface area contributed by atoms with Crippen molar-refractivity contribution in [1.82, 2.24) is 5.32 Å². The third kappa shape index (κ3) is 7.11. The van der Waals surface area contributed by atoms with Crippen LogP contribution in [0, 0.1) is 0 Å². The number of ether oxygens (including phenoxy) is 4. The zero-order valence-corrected chi connectivity index (χ0v) is 20.1. The summed E-state index contributed by atoms with van der Waals surface area (Å²) < 4.78 is 21.3. The van der Waals surface area contributed by atoms with Gasteiger partial charge in [0.2, 0.25) is 0 Å². The molecule has 182 valence electrons. The quantitative estimate of drug-likeness (QED) is 0.255. The Bertz CT molecular complexity index is 1170. The number of rotatable bonds is 11. The Balaban J connectivity index is 1.61. The largest absolute Gasteiger partial charge is 0.496 e. The summed E-state index contributed by atoms with van der Waals surface area (Å²) in [5.41, 5.74) is 2.71. The van der Waals surface area contributed by atoms with Crippen molar-refractivity contribution >= 4 is 23.5 Å². The molecule has 3 aromatic carbocycles. The van der Waals surface area contributed by atoms with Gasteiger partial charge in [-0.05, 0) is 41.8 Å². The maximum atomic E-state index is 12.9. The van der Waals surface area contributed by atoms with E-state index < -0.39 is 5.97 Å². The lowest BCUT2D eigenvalue weighted by atomic mass is 10.0. The van der Waals surface area contributed by atoms with Crippen molar-refractivity contribution in [3.05, 3.63) is 89.5 Å². The second-order valence-corrected chi connectivity index (χ2v) is 7.53. The van der Waals surface area contributed by atoms with E-state index in [1.165, 1.54) is 0 Å². The van der Waals surface area contributed by atoms with E-state index in [-0.39, 0.29) is 12.5 Å². The average molecular weight is 476 g/mol. The Hall–Kier alpha value is -4.26. The summed E-state index contributed by atoms with van der Waals surface area (Å²) in [6.07, 6.45) is 2.29. The summed E-state index contributed by atoms with van der Waals surface area (Å²) in [6.45, 7) is -0.00463. The SMILES string of the molecule is COc1ccccc1/C=C(/C(=O)OCC(=O)NCCc1ccc(OC)c(OC)c1)c1ccccc1. The molecule has 0 bridgehead atoms. The maximum Gasteiger partial charge on any atom is 0.339 e. The summed E-state index contributed by atoms with van der Waals surface area (Å²) >= 11 is 0. The number of para-hydroxylation sites is 1. The van der Waals surface area contributed by atoms with E-state index in [4.69, 9.17) is 18.9 Å². The number of hydrogen-bond acceptors (Lipinski definition) is 6. The van der Waals surface area contributed by atoms with Crippen LogP contribution >= 0.6 is 0 Å². The number of nitrogens with one attached hydrogen (secondary N) is 1. The lowest BCUT2D eigenvalue weighted by Crippen LogP contribution is -2.30. The molecule has 0 saturated heterocycles. The molecule has 0 fully saturated rings. The van der Waals surface area contributed by atoms with Gasteiger partial charge in [0.25, 0.3) is 5.91 Å². The molecule has 0 heterocycles. The fourth-order valence-corrected chi connectivity index (χ4v) is 3.46. The monoisotopic (exact) mass is 475 g/mol. The highest BCUT2D eigenvalue weighted by atomic mass is 16.5. The summed E-state index contributed by atoms with van der Waals surface area (Å²) in [5, 5.41) is 2.77. The van der Waals surface area contributed by atoms with Crippen LogP contribution in [0.4, 0.5) is 0 Å². The van der Waals surface area contributed by atoms with Gasteiger partial charge in [-0.25, -0.2) is 4.79 Å². The third-order valence-electron chi connectivity index (χ3n) is 5.26. The van der Waals surface area contributed by atoms with Crippen LogP contribution < -0.4 is 19.5 Å². The molecular formula is C28H29NO6. The molecule has 35 heavy (non-hydrogen) atoms. The van der Waals surface area contributed by atoms with Gasteiger partial charge < -0.3 is 24.3 Å². The first-order valence-corrected chi connectivity index (χ1v) is 11.1. The van der Waals surface area contributed by atoms with Crippen LogP contribution in [-0.2, 0) is 20.7 Å². The average Bonchev–Trinajstić information content (AvgIpc) is 2.90. The van der Waals surface area contributed by atoms with Crippen molar-refractivity contribution in [1.29, 1.82) is 0 Å². The molecule has 1 N–H and O–H groups in total. The molecule has 0 aromatic heterocycles. The van der Waals surface area contributed by atoms with Crippen LogP contribution in [0.1, 0.15) is 16.7 Å². The number of carbonyl (C=O) groups excluding carboxylic acids is 2. The molecule has 3 rings (SSSR count). The third-order valence-corrected chi connectivity index (χ3v) is 5.26. The van der Waals surface area contributed by atoms with Crippen LogP contribution in [0.3, 0.4) is 0 Å². The Morgan fingerprint density at radius 2 is 1.49 bits per heavy atom. The van der Waals surface area contributed by atoms with Gasteiger partial charge in [0.1, 0.15) is 5.75 Å². The molecule has 0 atom stereocenters. The van der Waals surface area contributed by atoms with Gasteiger partial charge in [0, 0.05) is 12.1 Å². The molecule has 3 aromatic rings. The highest BCUT2D eigenvalue weighted by Crippen LogP contribution is 2.28. The molecular weight excluding hydrogens is 446 g/mol. The maximum absolute atomic E-state index is 12.9. The van der Waals surface area contributed by atoms with Gasteiger partial charge in [0.05, 0.1) is 26.9 Å². The van der Waals surface area contributed by atoms with Crippen molar-refractivity contribution < 1.29 is 28.5 Å². The van der Waals surface area contributed by atoms with Crippen molar-refractivity contribution in [2.24, 2.45) is 0 Å². The number of esters is 1. The Morgan fingerprint density at radius 3 is 2.20 bits per heavy atom. The van der Waals surface area contributed by atoms with Crippen LogP contribution in [0.15, 0.2) is 72.8 Å². The number of hydrogen-bond donors (Lipinski definition) is 1. The highest BCUT2D eigenvalue weighted by Gasteiger charge is 2.16. The molecule has 0 radical (unpaired) electrons. The van der Waals surface area contributed by atoms with Gasteiger partial charge in [0.15, 0.2) is 18.1 Å². The van der Waals surface area contributed by atoms with Crippen LogP contribution in [0.5, 0.6) is 17.2 Å². The zero-order chi connectivity index (χ0) is 25.0. The van der Waals surface area contributed by atoms with Gasteiger partial charge in [-0.15, -0.1) is 0 Å². The number of benzene rings is 3. The second-order valence-electron chi connectivity index (χ2n) is 7.53. The molecule has 0 spiro atoms. The number of amides is 1. The highest BCUT2D eigenvalue weighted by molar-refractivity contribution is 6.22. The Kier molecular flexibility index (Phi) is 9.31. The fourth-order valence-electron chi connectivity index (χ4n) is 3.46.